The van der Waals surface area contributed by atoms with Crippen molar-refractivity contribution in [2.45, 2.75) is 12.3 Å². The molecule has 3 N–H and O–H groups in total. The summed E-state index contributed by atoms with van der Waals surface area (Å²) < 4.78 is 0. The number of aromatic nitrogens is 1. The van der Waals surface area contributed by atoms with Gasteiger partial charge in [0.15, 0.2) is 0 Å². The molecule has 1 rings (SSSR count). The van der Waals surface area contributed by atoms with E-state index in [1.54, 1.807) is 6.07 Å². The number of nitrogen functional groups attached to an aromatic ring is 1. The molecule has 1 atom stereocenters. The van der Waals surface area contributed by atoms with Crippen LogP contribution in [0.2, 0.25) is 5.02 Å². The molecule has 0 aliphatic rings. The molecule has 0 saturated carbocycles. The van der Waals surface area contributed by atoms with Gasteiger partial charge in [0.2, 0.25) is 0 Å². The first kappa shape index (κ1) is 12.1. The fourth-order valence-electron chi connectivity index (χ4n) is 1.19. The molecular formula is C9H11ClN2O2S. The van der Waals surface area contributed by atoms with Crippen molar-refractivity contribution in [1.82, 2.24) is 4.98 Å². The van der Waals surface area contributed by atoms with Crippen LogP contribution in [0, 0.1) is 0 Å². The van der Waals surface area contributed by atoms with Gasteiger partial charge in [0.25, 0.3) is 0 Å². The molecule has 1 unspecified atom stereocenters. The molecule has 0 aliphatic heterocycles. The summed E-state index contributed by atoms with van der Waals surface area (Å²) in [7, 11) is 0. The molecule has 0 amide bonds. The lowest BCUT2D eigenvalue weighted by atomic mass is 9.99. The molecule has 0 saturated heterocycles. The van der Waals surface area contributed by atoms with Crippen LogP contribution in [0.5, 0.6) is 0 Å². The minimum Gasteiger partial charge on any atom is -0.481 e. The largest absolute Gasteiger partial charge is 0.481 e. The molecule has 82 valence electrons. The van der Waals surface area contributed by atoms with E-state index < -0.39 is 5.97 Å². The molecule has 0 radical (unpaired) electrons. The average Bonchev–Trinajstić information content (AvgIpc) is 2.18. The quantitative estimate of drug-likeness (QED) is 0.708. The van der Waals surface area contributed by atoms with E-state index in [0.29, 0.717) is 10.8 Å². The van der Waals surface area contributed by atoms with Gasteiger partial charge in [0, 0.05) is 12.1 Å². The second-order valence-corrected chi connectivity index (χ2v) is 3.89. The van der Waals surface area contributed by atoms with Crippen LogP contribution in [0.4, 0.5) is 5.82 Å². The van der Waals surface area contributed by atoms with E-state index in [1.165, 1.54) is 6.20 Å². The molecule has 0 aromatic carbocycles. The molecule has 1 aromatic rings. The minimum atomic E-state index is -0.873. The fourth-order valence-corrected chi connectivity index (χ4v) is 1.70. The Bertz CT molecular complexity index is 373. The molecule has 15 heavy (non-hydrogen) atoms. The van der Waals surface area contributed by atoms with Crippen molar-refractivity contribution in [3.8, 4) is 0 Å². The Hall–Kier alpha value is -0.940. The van der Waals surface area contributed by atoms with Gasteiger partial charge in [-0.2, -0.15) is 12.6 Å². The lowest BCUT2D eigenvalue weighted by Gasteiger charge is -2.12. The Morgan fingerprint density at radius 1 is 1.73 bits per heavy atom. The smallest absolute Gasteiger partial charge is 0.303 e. The predicted octanol–water partition coefficient (Wildman–Crippen LogP) is 1.81. The first-order valence-corrected chi connectivity index (χ1v) is 5.29. The van der Waals surface area contributed by atoms with Crippen LogP contribution >= 0.6 is 24.2 Å². The van der Waals surface area contributed by atoms with Crippen LogP contribution in [-0.4, -0.2) is 21.8 Å². The van der Waals surface area contributed by atoms with Crippen LogP contribution in [-0.2, 0) is 4.79 Å². The number of thiol groups is 1. The third-order valence-electron chi connectivity index (χ3n) is 2.00. The van der Waals surface area contributed by atoms with Crippen molar-refractivity contribution >= 4 is 36.0 Å². The van der Waals surface area contributed by atoms with Crippen molar-refractivity contribution in [3.63, 3.8) is 0 Å². The number of carboxylic acid groups (broad SMARTS) is 1. The summed E-state index contributed by atoms with van der Waals surface area (Å²) in [6, 6.07) is 1.63. The summed E-state index contributed by atoms with van der Waals surface area (Å²) in [6.07, 6.45) is 1.54. The van der Waals surface area contributed by atoms with Gasteiger partial charge in [-0.1, -0.05) is 11.6 Å². The Balaban J connectivity index is 2.92. The first-order chi connectivity index (χ1) is 7.04. The highest BCUT2D eigenvalue weighted by Gasteiger charge is 2.15. The maximum Gasteiger partial charge on any atom is 0.303 e. The number of halogens is 1. The molecule has 0 spiro atoms. The van der Waals surface area contributed by atoms with Crippen LogP contribution in [0.15, 0.2) is 12.3 Å². The number of rotatable bonds is 4. The zero-order valence-corrected chi connectivity index (χ0v) is 9.50. The number of carboxylic acids is 1. The summed E-state index contributed by atoms with van der Waals surface area (Å²) in [5.74, 6) is -0.402. The zero-order chi connectivity index (χ0) is 11.4. The molecule has 0 bridgehead atoms. The molecule has 4 nitrogen and oxygen atoms in total. The Morgan fingerprint density at radius 3 is 2.87 bits per heavy atom. The van der Waals surface area contributed by atoms with E-state index in [9.17, 15) is 4.79 Å². The topological polar surface area (TPSA) is 76.2 Å². The number of pyridine rings is 1. The van der Waals surface area contributed by atoms with E-state index >= 15 is 0 Å². The van der Waals surface area contributed by atoms with Gasteiger partial charge in [-0.3, -0.25) is 4.79 Å². The molecule has 0 fully saturated rings. The number of hydrogen-bond donors (Lipinski definition) is 3. The number of anilines is 1. The maximum absolute atomic E-state index is 10.6. The van der Waals surface area contributed by atoms with Crippen molar-refractivity contribution in [1.29, 1.82) is 0 Å². The average molecular weight is 247 g/mol. The molecule has 0 aliphatic carbocycles. The van der Waals surface area contributed by atoms with Crippen LogP contribution in [0.25, 0.3) is 0 Å². The standard InChI is InChI=1S/C9H11ClN2O2S/c10-7-1-5(3-12-9(7)11)6(4-15)2-8(13)14/h1,3,6,15H,2,4H2,(H2,11,12)(H,13,14). The number of nitrogens with two attached hydrogens (primary N) is 1. The van der Waals surface area contributed by atoms with Gasteiger partial charge in [0.1, 0.15) is 5.82 Å². The highest BCUT2D eigenvalue weighted by Crippen LogP contribution is 2.25. The van der Waals surface area contributed by atoms with Crippen molar-refractivity contribution in [3.05, 3.63) is 22.8 Å². The molecular weight excluding hydrogens is 236 g/mol. The van der Waals surface area contributed by atoms with Gasteiger partial charge < -0.3 is 10.8 Å². The van der Waals surface area contributed by atoms with E-state index in [-0.39, 0.29) is 18.2 Å². The third-order valence-corrected chi connectivity index (χ3v) is 2.75. The van der Waals surface area contributed by atoms with Gasteiger partial charge in [-0.15, -0.1) is 0 Å². The van der Waals surface area contributed by atoms with Gasteiger partial charge >= 0.3 is 5.97 Å². The second kappa shape index (κ2) is 5.23. The number of carbonyl (C=O) groups is 1. The summed E-state index contributed by atoms with van der Waals surface area (Å²) in [4.78, 5) is 14.5. The van der Waals surface area contributed by atoms with E-state index in [0.717, 1.165) is 5.56 Å². The van der Waals surface area contributed by atoms with Crippen LogP contribution in [0.1, 0.15) is 17.9 Å². The lowest BCUT2D eigenvalue weighted by molar-refractivity contribution is -0.137. The first-order valence-electron chi connectivity index (χ1n) is 4.28. The van der Waals surface area contributed by atoms with Gasteiger partial charge in [-0.25, -0.2) is 4.98 Å². The minimum absolute atomic E-state index is 0.00538. The lowest BCUT2D eigenvalue weighted by Crippen LogP contribution is -2.08. The van der Waals surface area contributed by atoms with Crippen molar-refractivity contribution in [2.24, 2.45) is 0 Å². The number of hydrogen-bond acceptors (Lipinski definition) is 4. The Kier molecular flexibility index (Phi) is 4.23. The molecule has 1 aromatic heterocycles. The summed E-state index contributed by atoms with van der Waals surface area (Å²) in [5.41, 5.74) is 6.20. The normalized spacial score (nSPS) is 12.4. The zero-order valence-electron chi connectivity index (χ0n) is 7.85. The Morgan fingerprint density at radius 2 is 2.40 bits per heavy atom. The van der Waals surface area contributed by atoms with E-state index in [4.69, 9.17) is 22.4 Å². The number of nitrogens with zero attached hydrogens (tertiary/aromatic N) is 1. The van der Waals surface area contributed by atoms with Crippen LogP contribution < -0.4 is 5.73 Å². The van der Waals surface area contributed by atoms with Crippen LogP contribution in [0.3, 0.4) is 0 Å². The summed E-state index contributed by atoms with van der Waals surface area (Å²) in [6.45, 7) is 0. The predicted molar refractivity (Wildman–Crippen MR) is 62.5 cm³/mol. The van der Waals surface area contributed by atoms with Gasteiger partial charge in [0.05, 0.1) is 11.4 Å². The monoisotopic (exact) mass is 246 g/mol. The Labute approximate surface area is 97.9 Å². The fraction of sp³-hybridized carbons (Fsp3) is 0.333. The van der Waals surface area contributed by atoms with Gasteiger partial charge in [-0.05, 0) is 17.4 Å². The van der Waals surface area contributed by atoms with E-state index in [2.05, 4.69) is 17.6 Å². The van der Waals surface area contributed by atoms with Crippen molar-refractivity contribution < 1.29 is 9.90 Å². The summed E-state index contributed by atoms with van der Waals surface area (Å²) >= 11 is 9.89. The molecule has 6 heteroatoms. The highest BCUT2D eigenvalue weighted by molar-refractivity contribution is 7.80. The maximum atomic E-state index is 10.6. The number of aliphatic carboxylic acids is 1. The second-order valence-electron chi connectivity index (χ2n) is 3.11. The third kappa shape index (κ3) is 3.28. The highest BCUT2D eigenvalue weighted by atomic mass is 35.5. The summed E-state index contributed by atoms with van der Waals surface area (Å²) in [5, 5.41) is 9.03. The molecule has 1 heterocycles. The SMILES string of the molecule is Nc1ncc(C(CS)CC(=O)O)cc1Cl. The van der Waals surface area contributed by atoms with Crippen molar-refractivity contribution in [2.75, 3.05) is 11.5 Å². The van der Waals surface area contributed by atoms with E-state index in [1.807, 2.05) is 0 Å².